The zero-order valence-corrected chi connectivity index (χ0v) is 31.2. The lowest BCUT2D eigenvalue weighted by atomic mass is 10.1. The largest absolute Gasteiger partial charge is 0.379 e. The van der Waals surface area contributed by atoms with Crippen molar-refractivity contribution in [3.8, 4) is 0 Å². The van der Waals surface area contributed by atoms with Crippen LogP contribution in [-0.2, 0) is 54.1 Å². The molecule has 0 aliphatic rings. The smallest absolute Gasteiger partial charge is 0.243 e. The summed E-state index contributed by atoms with van der Waals surface area (Å²) in [4.78, 5) is 73.4. The van der Waals surface area contributed by atoms with Gasteiger partial charge < -0.3 is 50.8 Å². The van der Waals surface area contributed by atoms with E-state index in [-0.39, 0.29) is 56.9 Å². The van der Waals surface area contributed by atoms with E-state index in [0.29, 0.717) is 65.1 Å². The van der Waals surface area contributed by atoms with Gasteiger partial charge in [-0.25, -0.2) is 0 Å². The molecular weight excluding hydrogens is 676 g/mol. The summed E-state index contributed by atoms with van der Waals surface area (Å²) in [5.41, 5.74) is 0.798. The predicted molar refractivity (Wildman–Crippen MR) is 194 cm³/mol. The molecule has 294 valence electrons. The van der Waals surface area contributed by atoms with Crippen LogP contribution in [0.5, 0.6) is 0 Å². The van der Waals surface area contributed by atoms with E-state index in [0.717, 1.165) is 12.0 Å². The molecule has 6 amide bonds. The molecule has 16 heteroatoms. The normalized spacial score (nSPS) is 11.5. The van der Waals surface area contributed by atoms with Crippen LogP contribution in [0.15, 0.2) is 30.3 Å². The van der Waals surface area contributed by atoms with Gasteiger partial charge in [-0.3, -0.25) is 28.8 Å². The molecule has 0 radical (unpaired) electrons. The first kappa shape index (κ1) is 45.9. The lowest BCUT2D eigenvalue weighted by Crippen LogP contribution is -2.52. The van der Waals surface area contributed by atoms with E-state index >= 15 is 0 Å². The van der Waals surface area contributed by atoms with E-state index in [1.54, 1.807) is 0 Å². The molecule has 6 N–H and O–H groups in total. The van der Waals surface area contributed by atoms with Gasteiger partial charge in [0.05, 0.1) is 72.5 Å². The first-order chi connectivity index (χ1) is 25.0. The maximum atomic E-state index is 12.8. The van der Waals surface area contributed by atoms with E-state index < -0.39 is 36.2 Å². The van der Waals surface area contributed by atoms with Gasteiger partial charge >= 0.3 is 0 Å². The molecule has 1 rings (SSSR count). The Morgan fingerprint density at radius 2 is 1.06 bits per heavy atom. The number of hydrogen-bond donors (Lipinski definition) is 6. The molecule has 0 bridgehead atoms. The van der Waals surface area contributed by atoms with E-state index in [1.165, 1.54) is 0 Å². The van der Waals surface area contributed by atoms with E-state index in [1.807, 2.05) is 44.2 Å². The number of amides is 6. The second-order valence-electron chi connectivity index (χ2n) is 12.8. The molecule has 0 heterocycles. The SMILES string of the molecule is CC(C)CCC(=O)NCCOCCOCCOCCOCCC(=O)NCC(=O)NCC(=O)NC(Cc1ccccc1)C(=O)NCC(=O)NCC(C)C. The number of rotatable bonds is 30. The monoisotopic (exact) mass is 736 g/mol. The van der Waals surface area contributed by atoms with Crippen molar-refractivity contribution in [2.75, 3.05) is 85.6 Å². The van der Waals surface area contributed by atoms with E-state index in [4.69, 9.17) is 18.9 Å². The Kier molecular flexibility index (Phi) is 26.0. The van der Waals surface area contributed by atoms with Crippen molar-refractivity contribution < 1.29 is 47.7 Å². The van der Waals surface area contributed by atoms with Crippen molar-refractivity contribution in [3.05, 3.63) is 35.9 Å². The van der Waals surface area contributed by atoms with Crippen molar-refractivity contribution in [1.82, 2.24) is 31.9 Å². The highest BCUT2D eigenvalue weighted by Gasteiger charge is 2.22. The molecule has 0 aromatic heterocycles. The zero-order valence-electron chi connectivity index (χ0n) is 31.2. The third-order valence-corrected chi connectivity index (χ3v) is 7.06. The van der Waals surface area contributed by atoms with Gasteiger partial charge in [-0.15, -0.1) is 0 Å². The van der Waals surface area contributed by atoms with Crippen molar-refractivity contribution in [2.24, 2.45) is 11.8 Å². The van der Waals surface area contributed by atoms with Gasteiger partial charge in [0.25, 0.3) is 0 Å². The van der Waals surface area contributed by atoms with Crippen LogP contribution >= 0.6 is 0 Å². The summed E-state index contributed by atoms with van der Waals surface area (Å²) < 4.78 is 21.6. The molecule has 1 aromatic rings. The quantitative estimate of drug-likeness (QED) is 0.0575. The van der Waals surface area contributed by atoms with Gasteiger partial charge in [0, 0.05) is 32.4 Å². The summed E-state index contributed by atoms with van der Waals surface area (Å²) >= 11 is 0. The molecule has 0 fully saturated rings. The van der Waals surface area contributed by atoms with E-state index in [2.05, 4.69) is 45.7 Å². The molecule has 1 unspecified atom stereocenters. The van der Waals surface area contributed by atoms with Crippen LogP contribution in [0.25, 0.3) is 0 Å². The van der Waals surface area contributed by atoms with Crippen molar-refractivity contribution >= 4 is 35.4 Å². The van der Waals surface area contributed by atoms with Crippen LogP contribution in [0.3, 0.4) is 0 Å². The second-order valence-corrected chi connectivity index (χ2v) is 12.8. The molecule has 0 spiro atoms. The number of hydrogen-bond acceptors (Lipinski definition) is 10. The van der Waals surface area contributed by atoms with Gasteiger partial charge in [0.2, 0.25) is 35.4 Å². The van der Waals surface area contributed by atoms with Crippen LogP contribution in [0, 0.1) is 11.8 Å². The maximum absolute atomic E-state index is 12.8. The summed E-state index contributed by atoms with van der Waals surface area (Å²) in [6.45, 7) is 10.8. The van der Waals surface area contributed by atoms with Gasteiger partial charge in [-0.1, -0.05) is 58.0 Å². The molecular formula is C36H60N6O10. The Labute approximate surface area is 307 Å². The molecule has 16 nitrogen and oxygen atoms in total. The molecule has 1 aromatic carbocycles. The summed E-state index contributed by atoms with van der Waals surface area (Å²) in [6, 6.07) is 8.08. The molecule has 0 saturated heterocycles. The zero-order chi connectivity index (χ0) is 38.4. The van der Waals surface area contributed by atoms with Crippen LogP contribution in [-0.4, -0.2) is 127 Å². The highest BCUT2D eigenvalue weighted by atomic mass is 16.6. The highest BCUT2D eigenvalue weighted by molar-refractivity contribution is 5.92. The lowest BCUT2D eigenvalue weighted by molar-refractivity contribution is -0.131. The fourth-order valence-corrected chi connectivity index (χ4v) is 4.18. The van der Waals surface area contributed by atoms with Crippen molar-refractivity contribution in [3.63, 3.8) is 0 Å². The fourth-order valence-electron chi connectivity index (χ4n) is 4.18. The Bertz CT molecular complexity index is 1190. The van der Waals surface area contributed by atoms with E-state index in [9.17, 15) is 28.8 Å². The van der Waals surface area contributed by atoms with Crippen LogP contribution in [0.4, 0.5) is 0 Å². The van der Waals surface area contributed by atoms with Crippen LogP contribution in [0.1, 0.15) is 52.5 Å². The summed E-state index contributed by atoms with van der Waals surface area (Å²) in [7, 11) is 0. The maximum Gasteiger partial charge on any atom is 0.243 e. The third-order valence-electron chi connectivity index (χ3n) is 7.06. The standard InChI is InChI=1S/C36H60N6O10/c1-27(2)10-11-31(43)37-13-15-50-17-19-52-21-20-51-18-16-49-14-12-32(44)39-24-33(45)40-26-35(47)42-30(22-29-8-6-5-7-9-29)36(48)41-25-34(46)38-23-28(3)4/h5-9,27-28,30H,10-26H2,1-4H3,(H,37,43)(H,38,46)(H,39,44)(H,40,45)(H,41,48)(H,42,47). The number of ether oxygens (including phenoxy) is 4. The minimum atomic E-state index is -0.981. The molecule has 52 heavy (non-hydrogen) atoms. The van der Waals surface area contributed by atoms with Gasteiger partial charge in [-0.05, 0) is 23.8 Å². The van der Waals surface area contributed by atoms with Gasteiger partial charge in [0.15, 0.2) is 0 Å². The average Bonchev–Trinajstić information content (AvgIpc) is 3.12. The lowest BCUT2D eigenvalue weighted by Gasteiger charge is -2.19. The first-order valence-corrected chi connectivity index (χ1v) is 17.9. The number of carbonyl (C=O) groups excluding carboxylic acids is 6. The first-order valence-electron chi connectivity index (χ1n) is 17.9. The number of benzene rings is 1. The molecule has 0 aliphatic heterocycles. The Morgan fingerprint density at radius 1 is 0.538 bits per heavy atom. The Morgan fingerprint density at radius 3 is 1.67 bits per heavy atom. The van der Waals surface area contributed by atoms with Crippen LogP contribution in [0.2, 0.25) is 0 Å². The number of carbonyl (C=O) groups is 6. The van der Waals surface area contributed by atoms with Crippen molar-refractivity contribution in [2.45, 2.75) is 59.4 Å². The summed E-state index contributed by atoms with van der Waals surface area (Å²) in [5, 5.41) is 15.6. The Balaban J connectivity index is 2.12. The minimum Gasteiger partial charge on any atom is -0.379 e. The van der Waals surface area contributed by atoms with Crippen LogP contribution < -0.4 is 31.9 Å². The topological polar surface area (TPSA) is 212 Å². The average molecular weight is 737 g/mol. The molecule has 0 saturated carbocycles. The van der Waals surface area contributed by atoms with Gasteiger partial charge in [-0.2, -0.15) is 0 Å². The third kappa shape index (κ3) is 26.7. The Hall–Kier alpha value is -4.12. The number of nitrogens with one attached hydrogen (secondary N) is 6. The molecule has 0 aliphatic carbocycles. The molecule has 1 atom stereocenters. The highest BCUT2D eigenvalue weighted by Crippen LogP contribution is 2.04. The minimum absolute atomic E-state index is 0.0320. The van der Waals surface area contributed by atoms with Crippen molar-refractivity contribution in [1.29, 1.82) is 0 Å². The fraction of sp³-hybridized carbons (Fsp3) is 0.667. The predicted octanol–water partition coefficient (Wildman–Crippen LogP) is -0.156. The second kappa shape index (κ2) is 29.5. The summed E-state index contributed by atoms with van der Waals surface area (Å²) in [5.74, 6) is -1.68. The van der Waals surface area contributed by atoms with Gasteiger partial charge in [0.1, 0.15) is 6.04 Å². The summed E-state index contributed by atoms with van der Waals surface area (Å²) in [6.07, 6.45) is 1.61.